The van der Waals surface area contributed by atoms with E-state index in [1.165, 1.54) is 36.2 Å². The molecule has 0 radical (unpaired) electrons. The van der Waals surface area contributed by atoms with E-state index < -0.39 is 11.9 Å². The molecule has 1 aliphatic rings. The van der Waals surface area contributed by atoms with Crippen molar-refractivity contribution in [3.63, 3.8) is 0 Å². The Balaban J connectivity index is 0.000000414. The van der Waals surface area contributed by atoms with Gasteiger partial charge in [0, 0.05) is 29.5 Å². The molecule has 2 N–H and O–H groups in total. The van der Waals surface area contributed by atoms with Crippen molar-refractivity contribution in [1.82, 2.24) is 0 Å². The Morgan fingerprint density at radius 3 is 2.24 bits per heavy atom. The summed E-state index contributed by atoms with van der Waals surface area (Å²) in [4.78, 5) is 20.6. The molecule has 0 amide bonds. The number of carboxylic acids is 2. The molecule has 0 fully saturated rings. The molecule has 0 aliphatic carbocycles. The average Bonchev–Trinajstić information content (AvgIpc) is 2.81. The fourth-order valence-electron chi connectivity index (χ4n) is 3.76. The van der Waals surface area contributed by atoms with Crippen molar-refractivity contribution in [3.05, 3.63) is 70.3 Å². The van der Waals surface area contributed by atoms with Gasteiger partial charge >= 0.3 is 5.97 Å². The maximum atomic E-state index is 9.53. The van der Waals surface area contributed by atoms with Gasteiger partial charge in [-0.3, -0.25) is 0 Å². The summed E-state index contributed by atoms with van der Waals surface area (Å²) in [6.07, 6.45) is 3.22. The quantitative estimate of drug-likeness (QED) is 0.565. The van der Waals surface area contributed by atoms with E-state index in [-0.39, 0.29) is 0 Å². The van der Waals surface area contributed by atoms with Crippen molar-refractivity contribution in [2.24, 2.45) is 0 Å². The van der Waals surface area contributed by atoms with E-state index in [1.54, 1.807) is 19.1 Å². The van der Waals surface area contributed by atoms with Gasteiger partial charge in [-0.25, -0.2) is 4.79 Å². The zero-order chi connectivity index (χ0) is 24.4. The fourth-order valence-corrected chi connectivity index (χ4v) is 3.89. The van der Waals surface area contributed by atoms with Gasteiger partial charge in [0.15, 0.2) is 11.5 Å². The van der Waals surface area contributed by atoms with E-state index in [1.807, 2.05) is 12.1 Å². The summed E-state index contributed by atoms with van der Waals surface area (Å²) in [6.45, 7) is 5.71. The predicted octanol–water partition coefficient (Wildman–Crippen LogP) is 1.87. The van der Waals surface area contributed by atoms with Crippen LogP contribution in [0.4, 0.5) is 0 Å². The molecule has 0 saturated heterocycles. The molecular formula is C25H30ClNO6. The normalized spacial score (nSPS) is 15.7. The predicted molar refractivity (Wildman–Crippen MR) is 124 cm³/mol. The molecule has 7 nitrogen and oxygen atoms in total. The number of benzene rings is 2. The van der Waals surface area contributed by atoms with E-state index in [4.69, 9.17) is 26.2 Å². The lowest BCUT2D eigenvalue weighted by atomic mass is 9.95. The minimum atomic E-state index is -1.51. The van der Waals surface area contributed by atoms with Crippen LogP contribution in [0.25, 0.3) is 0 Å². The summed E-state index contributed by atoms with van der Waals surface area (Å²) in [6, 6.07) is 12.5. The number of aliphatic carboxylic acids is 2. The molecule has 2 atom stereocenters. The van der Waals surface area contributed by atoms with Crippen LogP contribution in [0.15, 0.2) is 48.6 Å². The van der Waals surface area contributed by atoms with E-state index in [2.05, 4.69) is 31.2 Å². The number of carbonyl (C=O) groups excluding carboxylic acids is 1. The zero-order valence-electron chi connectivity index (χ0n) is 19.1. The second-order valence-corrected chi connectivity index (χ2v) is 8.32. The molecule has 8 heteroatoms. The number of quaternary nitrogens is 1. The summed E-state index contributed by atoms with van der Waals surface area (Å²) in [5.74, 6) is -0.587. The number of carboxylic acid groups (broad SMARTS) is 2. The molecule has 0 spiro atoms. The lowest BCUT2D eigenvalue weighted by Crippen LogP contribution is -3.11. The Morgan fingerprint density at radius 2 is 1.73 bits per heavy atom. The summed E-state index contributed by atoms with van der Waals surface area (Å²) < 4.78 is 10.9. The highest BCUT2D eigenvalue weighted by atomic mass is 35.5. The number of fused-ring (bicyclic) bond motifs is 1. The molecule has 0 saturated carbocycles. The van der Waals surface area contributed by atoms with Gasteiger partial charge in [-0.2, -0.15) is 0 Å². The third-order valence-electron chi connectivity index (χ3n) is 5.63. The average molecular weight is 476 g/mol. The molecule has 2 aromatic rings. The Hall–Kier alpha value is -3.03. The van der Waals surface area contributed by atoms with Gasteiger partial charge in [0.1, 0.15) is 6.54 Å². The van der Waals surface area contributed by atoms with Gasteiger partial charge in [-0.1, -0.05) is 30.7 Å². The van der Waals surface area contributed by atoms with Crippen LogP contribution >= 0.6 is 11.6 Å². The lowest BCUT2D eigenvalue weighted by molar-refractivity contribution is -0.916. The first-order valence-corrected chi connectivity index (χ1v) is 11.1. The first-order chi connectivity index (χ1) is 15.7. The Morgan fingerprint density at radius 1 is 1.12 bits per heavy atom. The summed E-state index contributed by atoms with van der Waals surface area (Å²) in [5.41, 5.74) is 4.15. The van der Waals surface area contributed by atoms with E-state index >= 15 is 0 Å². The van der Waals surface area contributed by atoms with Crippen molar-refractivity contribution < 1.29 is 34.2 Å². The van der Waals surface area contributed by atoms with Gasteiger partial charge < -0.3 is 29.4 Å². The highest BCUT2D eigenvalue weighted by molar-refractivity contribution is 6.30. The van der Waals surface area contributed by atoms with E-state index in [9.17, 15) is 14.7 Å². The number of methoxy groups -OCH3 is 2. The van der Waals surface area contributed by atoms with E-state index in [0.717, 1.165) is 29.5 Å². The molecule has 1 heterocycles. The topological polar surface area (TPSA) is 100 Å². The zero-order valence-corrected chi connectivity index (χ0v) is 19.9. The van der Waals surface area contributed by atoms with Gasteiger partial charge in [0.05, 0.1) is 33.3 Å². The third kappa shape index (κ3) is 8.44. The van der Waals surface area contributed by atoms with Crippen LogP contribution in [-0.4, -0.2) is 44.4 Å². The fraction of sp³-hybridized carbons (Fsp3) is 0.360. The van der Waals surface area contributed by atoms with Crippen LogP contribution in [0, 0.1) is 0 Å². The van der Waals surface area contributed by atoms with Crippen LogP contribution in [0.2, 0.25) is 5.02 Å². The number of carbonyl (C=O) groups is 2. The molecule has 33 heavy (non-hydrogen) atoms. The SMILES string of the molecule is COc1cc2c(cc1OC)C[NH+](CCC(C)c1ccc(Cl)cc1)CC2.O=C([O-])/C=C\C(=O)O. The molecular weight excluding hydrogens is 446 g/mol. The lowest BCUT2D eigenvalue weighted by Gasteiger charge is -2.27. The van der Waals surface area contributed by atoms with Crippen LogP contribution in [0.5, 0.6) is 11.5 Å². The van der Waals surface area contributed by atoms with Gasteiger partial charge in [-0.15, -0.1) is 0 Å². The molecule has 0 bridgehead atoms. The van der Waals surface area contributed by atoms with Gasteiger partial charge in [0.2, 0.25) is 0 Å². The number of hydrogen-bond donors (Lipinski definition) is 2. The number of hydrogen-bond acceptors (Lipinski definition) is 5. The number of ether oxygens (including phenoxy) is 2. The molecule has 1 aliphatic heterocycles. The van der Waals surface area contributed by atoms with Crippen LogP contribution in [0.3, 0.4) is 0 Å². The van der Waals surface area contributed by atoms with Crippen molar-refractivity contribution >= 4 is 23.5 Å². The first-order valence-electron chi connectivity index (χ1n) is 10.7. The van der Waals surface area contributed by atoms with Gasteiger partial charge in [0.25, 0.3) is 0 Å². The van der Waals surface area contributed by atoms with Crippen molar-refractivity contribution in [2.75, 3.05) is 27.3 Å². The third-order valence-corrected chi connectivity index (χ3v) is 5.88. The van der Waals surface area contributed by atoms with Crippen molar-refractivity contribution in [1.29, 1.82) is 0 Å². The molecule has 178 valence electrons. The Bertz CT molecular complexity index is 958. The largest absolute Gasteiger partial charge is 0.545 e. The maximum absolute atomic E-state index is 9.53. The maximum Gasteiger partial charge on any atom is 0.328 e. The van der Waals surface area contributed by atoms with Crippen molar-refractivity contribution in [2.45, 2.75) is 32.2 Å². The minimum absolute atomic E-state index is 0.447. The smallest absolute Gasteiger partial charge is 0.328 e. The summed E-state index contributed by atoms with van der Waals surface area (Å²) in [7, 11) is 3.40. The highest BCUT2D eigenvalue weighted by Crippen LogP contribution is 2.31. The highest BCUT2D eigenvalue weighted by Gasteiger charge is 2.22. The van der Waals surface area contributed by atoms with Gasteiger partial charge in [-0.05, 0) is 47.4 Å². The van der Waals surface area contributed by atoms with Crippen LogP contribution in [0.1, 0.15) is 36.0 Å². The minimum Gasteiger partial charge on any atom is -0.545 e. The van der Waals surface area contributed by atoms with Crippen LogP contribution < -0.4 is 19.5 Å². The summed E-state index contributed by atoms with van der Waals surface area (Å²) in [5, 5.41) is 18.0. The molecule has 0 aromatic heterocycles. The molecule has 2 aromatic carbocycles. The number of rotatable bonds is 8. The Kier molecular flexibility index (Phi) is 10.2. The summed E-state index contributed by atoms with van der Waals surface area (Å²) >= 11 is 5.99. The first kappa shape index (κ1) is 26.2. The molecule has 2 unspecified atom stereocenters. The second kappa shape index (κ2) is 12.9. The number of halogens is 1. The van der Waals surface area contributed by atoms with Crippen molar-refractivity contribution in [3.8, 4) is 11.5 Å². The number of nitrogens with one attached hydrogen (secondary N) is 1. The molecule has 3 rings (SSSR count). The van der Waals surface area contributed by atoms with Crippen LogP contribution in [-0.2, 0) is 22.6 Å². The van der Waals surface area contributed by atoms with E-state index in [0.29, 0.717) is 18.1 Å². The monoisotopic (exact) mass is 475 g/mol. The standard InChI is InChI=1S/C21H26ClNO2.C4H4O4/c1-15(16-4-6-19(22)7-5-16)8-10-23-11-9-17-12-20(24-2)21(25-3)13-18(17)14-23;5-3(6)1-2-4(7)8/h4-7,12-13,15H,8-11,14H2,1-3H3;1-2H,(H,5,6)(H,7,8)/b;2-1-. The Labute approximate surface area is 199 Å². The second-order valence-electron chi connectivity index (χ2n) is 7.88.